The minimum Gasteiger partial charge on any atom is -0.409 e. The number of piperazine rings is 1. The summed E-state index contributed by atoms with van der Waals surface area (Å²) in [7, 11) is 2.04. The lowest BCUT2D eigenvalue weighted by molar-refractivity contribution is -0.122. The second kappa shape index (κ2) is 22.1. The summed E-state index contributed by atoms with van der Waals surface area (Å²) in [6, 6.07) is 17.2. The zero-order valence-electron chi connectivity index (χ0n) is 34.4. The number of halogens is 1. The van der Waals surface area contributed by atoms with E-state index in [1.54, 1.807) is 16.7 Å². The molecule has 60 heavy (non-hydrogen) atoms. The van der Waals surface area contributed by atoms with Gasteiger partial charge in [0.15, 0.2) is 0 Å². The second-order valence-corrected chi connectivity index (χ2v) is 15.3. The lowest BCUT2D eigenvalue weighted by atomic mass is 9.95. The van der Waals surface area contributed by atoms with Gasteiger partial charge in [0.1, 0.15) is 11.4 Å². The average Bonchev–Trinajstić information content (AvgIpc) is 3.85. The van der Waals surface area contributed by atoms with Gasteiger partial charge >= 0.3 is 6.09 Å². The maximum atomic E-state index is 14.3. The molecule has 2 aliphatic heterocycles. The van der Waals surface area contributed by atoms with E-state index >= 15 is 0 Å². The van der Waals surface area contributed by atoms with Crippen LogP contribution in [-0.2, 0) is 28.5 Å². The predicted octanol–water partition coefficient (Wildman–Crippen LogP) is 4.64. The van der Waals surface area contributed by atoms with E-state index in [2.05, 4.69) is 41.7 Å². The number of nitrogens with zero attached hydrogens (tertiary/aromatic N) is 4. The largest absolute Gasteiger partial charge is 0.415 e. The summed E-state index contributed by atoms with van der Waals surface area (Å²) in [6.45, 7) is 10.0. The number of likely N-dealkylation sites (N-methyl/N-ethyl adjacent to an activating group) is 1. The predicted molar refractivity (Wildman–Crippen MR) is 232 cm³/mol. The highest BCUT2D eigenvalue weighted by Crippen LogP contribution is 2.46. The topological polar surface area (TPSA) is 176 Å². The molecule has 322 valence electrons. The first-order valence-electron chi connectivity index (χ1n) is 20.2. The minimum absolute atomic E-state index is 0.0322. The number of benzene rings is 3. The lowest BCUT2D eigenvalue weighted by Gasteiger charge is -2.31. The maximum absolute atomic E-state index is 14.3. The maximum Gasteiger partial charge on any atom is 0.415 e. The molecule has 6 rings (SSSR count). The molecule has 16 nitrogen and oxygen atoms in total. The van der Waals surface area contributed by atoms with Crippen LogP contribution in [0.2, 0.25) is 0 Å². The first kappa shape index (κ1) is 44.6. The van der Waals surface area contributed by atoms with Crippen molar-refractivity contribution >= 4 is 72.8 Å². The van der Waals surface area contributed by atoms with E-state index in [1.165, 1.54) is 6.92 Å². The summed E-state index contributed by atoms with van der Waals surface area (Å²) < 4.78 is 27.8. The summed E-state index contributed by atoms with van der Waals surface area (Å²) in [5.74, 6) is -0.102. The number of nitrogens with one attached hydrogen (secondary N) is 3. The summed E-state index contributed by atoms with van der Waals surface area (Å²) in [5.41, 5.74) is 6.95. The quantitative estimate of drug-likeness (QED) is 0.0491. The van der Waals surface area contributed by atoms with E-state index in [1.807, 2.05) is 61.6 Å². The van der Waals surface area contributed by atoms with Crippen LogP contribution >= 0.6 is 15.9 Å². The molecular weight excluding hydrogens is 838 g/mol. The summed E-state index contributed by atoms with van der Waals surface area (Å²) in [4.78, 5) is 59.8. The lowest BCUT2D eigenvalue weighted by Crippen LogP contribution is -2.48. The number of fused-ring (bicyclic) bond motifs is 4. The highest BCUT2D eigenvalue weighted by Gasteiger charge is 2.36. The summed E-state index contributed by atoms with van der Waals surface area (Å²) in [5, 5.41) is 10.2. The molecule has 1 fully saturated rings. The number of aromatic amines is 1. The molecule has 0 spiro atoms. The van der Waals surface area contributed by atoms with Gasteiger partial charge in [0.25, 0.3) is 5.91 Å². The van der Waals surface area contributed by atoms with Crippen LogP contribution in [0.4, 0.5) is 10.5 Å². The minimum atomic E-state index is -0.395. The van der Waals surface area contributed by atoms with E-state index in [9.17, 15) is 19.2 Å². The Labute approximate surface area is 357 Å². The number of carbonyl (C=O) groups is 4. The van der Waals surface area contributed by atoms with Crippen molar-refractivity contribution < 1.29 is 42.9 Å². The molecule has 0 unspecified atom stereocenters. The Morgan fingerprint density at radius 1 is 0.833 bits per heavy atom. The van der Waals surface area contributed by atoms with Crippen LogP contribution in [0.1, 0.15) is 47.8 Å². The summed E-state index contributed by atoms with van der Waals surface area (Å²) >= 11 is 3.69. The fourth-order valence-corrected chi connectivity index (χ4v) is 7.60. The van der Waals surface area contributed by atoms with Gasteiger partial charge in [0.05, 0.1) is 70.7 Å². The van der Waals surface area contributed by atoms with Crippen molar-refractivity contribution in [1.82, 2.24) is 25.5 Å². The molecule has 3 heterocycles. The molecule has 0 aliphatic carbocycles. The highest BCUT2D eigenvalue weighted by molar-refractivity contribution is 9.09. The third-order valence-corrected chi connectivity index (χ3v) is 11.1. The SMILES string of the molecule is CC(=O)NCCOCCOCCOCCOCCC(=O)N/N=C(\C)c1ccc2[nH]c(C(=O)N3C[C@@H](CBr)c4c3cc(OC(=O)N3CCN(C)CC3)c3ccccc43)cc2c1. The highest BCUT2D eigenvalue weighted by atomic mass is 79.9. The van der Waals surface area contributed by atoms with Gasteiger partial charge in [-0.2, -0.15) is 5.10 Å². The van der Waals surface area contributed by atoms with Crippen LogP contribution < -0.4 is 20.4 Å². The zero-order valence-corrected chi connectivity index (χ0v) is 36.0. The van der Waals surface area contributed by atoms with E-state index in [4.69, 9.17) is 23.7 Å². The average molecular weight is 893 g/mol. The van der Waals surface area contributed by atoms with Crippen LogP contribution in [0.3, 0.4) is 0 Å². The van der Waals surface area contributed by atoms with Crippen LogP contribution in [0.5, 0.6) is 5.75 Å². The van der Waals surface area contributed by atoms with E-state index < -0.39 is 6.09 Å². The molecular formula is C43H54BrN7O9. The van der Waals surface area contributed by atoms with Gasteiger partial charge in [-0.1, -0.05) is 46.3 Å². The molecule has 1 saturated heterocycles. The van der Waals surface area contributed by atoms with Crippen LogP contribution in [0, 0.1) is 0 Å². The third kappa shape index (κ3) is 11.9. The normalized spacial score (nSPS) is 15.7. The Bertz CT molecular complexity index is 2150. The molecule has 1 atom stereocenters. The van der Waals surface area contributed by atoms with E-state index in [0.717, 1.165) is 51.6 Å². The molecule has 2 aliphatic rings. The van der Waals surface area contributed by atoms with E-state index in [-0.39, 0.29) is 36.7 Å². The van der Waals surface area contributed by atoms with Crippen molar-refractivity contribution in [3.8, 4) is 5.75 Å². The van der Waals surface area contributed by atoms with Gasteiger partial charge in [0, 0.05) is 79.8 Å². The number of alkyl halides is 1. The summed E-state index contributed by atoms with van der Waals surface area (Å²) in [6.07, 6.45) is -0.261. The molecule has 3 aromatic carbocycles. The van der Waals surface area contributed by atoms with Crippen LogP contribution in [-0.4, -0.2) is 149 Å². The van der Waals surface area contributed by atoms with Gasteiger partial charge in [-0.15, -0.1) is 0 Å². The number of carbonyl (C=O) groups excluding carboxylic acids is 4. The van der Waals surface area contributed by atoms with Gasteiger partial charge < -0.3 is 48.7 Å². The Balaban J connectivity index is 0.990. The van der Waals surface area contributed by atoms with Gasteiger partial charge in [-0.25, -0.2) is 10.2 Å². The Morgan fingerprint density at radius 3 is 2.18 bits per heavy atom. The monoisotopic (exact) mass is 891 g/mol. The fourth-order valence-electron chi connectivity index (χ4n) is 7.07. The van der Waals surface area contributed by atoms with Gasteiger partial charge in [-0.05, 0) is 48.7 Å². The van der Waals surface area contributed by atoms with Crippen LogP contribution in [0.15, 0.2) is 59.7 Å². The molecule has 0 bridgehead atoms. The van der Waals surface area contributed by atoms with Crippen molar-refractivity contribution in [2.45, 2.75) is 26.2 Å². The number of anilines is 1. The Morgan fingerprint density at radius 2 is 1.50 bits per heavy atom. The Kier molecular flexibility index (Phi) is 16.4. The standard InChI is InChI=1S/C43H54BrN7O9/c1-29(47-48-40(53)10-16-56-18-20-58-22-23-59-21-19-57-17-11-45-30(2)52)31-8-9-36-32(24-31)25-37(46-36)42(54)51-28-33(27-44)41-35-7-5-4-6-34(35)39(26-38(41)51)60-43(55)50-14-12-49(3)13-15-50/h4-9,24-26,33,46H,10-23,27-28H2,1-3H3,(H,45,52)(H,48,53)/b47-29+/t33-/m1/s1. The molecule has 3 N–H and O–H groups in total. The van der Waals surface area contributed by atoms with E-state index in [0.29, 0.717) is 94.9 Å². The molecule has 0 radical (unpaired) electrons. The molecule has 4 amide bonds. The van der Waals surface area contributed by atoms with Crippen molar-refractivity contribution in [2.75, 3.05) is 109 Å². The number of amides is 4. The molecule has 17 heteroatoms. The van der Waals surface area contributed by atoms with Crippen LogP contribution in [0.25, 0.3) is 21.7 Å². The van der Waals surface area contributed by atoms with Gasteiger partial charge in [0.2, 0.25) is 11.8 Å². The van der Waals surface area contributed by atoms with Gasteiger partial charge in [-0.3, -0.25) is 14.4 Å². The fraction of sp³-hybridized carbons (Fsp3) is 0.465. The Hall–Kier alpha value is -4.91. The molecule has 4 aromatic rings. The number of rotatable bonds is 20. The number of H-pyrrole nitrogens is 1. The van der Waals surface area contributed by atoms with Crippen molar-refractivity contribution in [3.63, 3.8) is 0 Å². The zero-order chi connectivity index (χ0) is 42.4. The molecule has 0 saturated carbocycles. The molecule has 1 aromatic heterocycles. The number of ether oxygens (including phenoxy) is 5. The number of aromatic nitrogens is 1. The number of hydrazone groups is 1. The first-order chi connectivity index (χ1) is 29.1. The first-order valence-corrected chi connectivity index (χ1v) is 21.4. The van der Waals surface area contributed by atoms with Crippen molar-refractivity contribution in [1.29, 1.82) is 0 Å². The van der Waals surface area contributed by atoms with Crippen molar-refractivity contribution in [2.24, 2.45) is 5.10 Å². The number of hydrogen-bond donors (Lipinski definition) is 3. The third-order valence-electron chi connectivity index (χ3n) is 10.3. The van der Waals surface area contributed by atoms with Crippen molar-refractivity contribution in [3.05, 3.63) is 71.4 Å². The number of hydrogen-bond acceptors (Lipinski definition) is 11. The smallest absolute Gasteiger partial charge is 0.409 e. The second-order valence-electron chi connectivity index (χ2n) is 14.7.